The number of carbonyl (C=O) groups is 1. The average molecular weight is 208 g/mol. The molecule has 0 aliphatic carbocycles. The summed E-state index contributed by atoms with van der Waals surface area (Å²) in [6.07, 6.45) is 2.90. The summed E-state index contributed by atoms with van der Waals surface area (Å²) < 4.78 is 0. The van der Waals surface area contributed by atoms with E-state index < -0.39 is 0 Å². The first-order chi connectivity index (χ1) is 6.31. The van der Waals surface area contributed by atoms with Crippen LogP contribution in [-0.2, 0) is 4.79 Å². The van der Waals surface area contributed by atoms with Crippen LogP contribution in [-0.4, -0.2) is 24.5 Å². The Bertz CT molecular complexity index is 68.6. The summed E-state index contributed by atoms with van der Waals surface area (Å²) in [5.74, 6) is 1.40. The Labute approximate surface area is 86.6 Å². The Morgan fingerprint density at radius 1 is 1.38 bits per heavy atom. The van der Waals surface area contributed by atoms with Crippen molar-refractivity contribution in [3.63, 3.8) is 0 Å². The van der Waals surface area contributed by atoms with E-state index in [1.165, 1.54) is 18.6 Å². The van der Waals surface area contributed by atoms with E-state index in [1.54, 1.807) is 0 Å². The van der Waals surface area contributed by atoms with Gasteiger partial charge in [-0.1, -0.05) is 20.8 Å². The third kappa shape index (κ3) is 24.5. The first-order valence-electron chi connectivity index (χ1n) is 4.62. The lowest BCUT2D eigenvalue weighted by molar-refractivity contribution is -0.0979. The van der Waals surface area contributed by atoms with Gasteiger partial charge in [0.2, 0.25) is 0 Å². The predicted octanol–water partition coefficient (Wildman–Crippen LogP) is 1.60. The number of nitrogens with two attached hydrogens (primary N) is 2. The number of rotatable bonds is 0. The molecule has 3 nitrogen and oxygen atoms in total. The fourth-order valence-electron chi connectivity index (χ4n) is 0.739. The van der Waals surface area contributed by atoms with Crippen LogP contribution < -0.4 is 11.5 Å². The summed E-state index contributed by atoms with van der Waals surface area (Å²) in [5, 5.41) is 0.963. The second-order valence-electron chi connectivity index (χ2n) is 2.06. The molecule has 0 aromatic carbocycles. The highest BCUT2D eigenvalue weighted by Gasteiger charge is 2.07. The van der Waals surface area contributed by atoms with Crippen molar-refractivity contribution in [2.45, 2.75) is 38.9 Å². The van der Waals surface area contributed by atoms with Gasteiger partial charge in [0.15, 0.2) is 0 Å². The van der Waals surface area contributed by atoms with Crippen LogP contribution in [0.5, 0.6) is 0 Å². The summed E-state index contributed by atoms with van der Waals surface area (Å²) in [5.41, 5.74) is 9.25. The van der Waals surface area contributed by atoms with Crippen LogP contribution in [0, 0.1) is 0 Å². The lowest BCUT2D eigenvalue weighted by Crippen LogP contribution is -2.08. The Morgan fingerprint density at radius 2 is 1.77 bits per heavy atom. The molecule has 0 amide bonds. The molecule has 1 fully saturated rings. The predicted molar refractivity (Wildman–Crippen MR) is 62.9 cm³/mol. The first-order valence-corrected chi connectivity index (χ1v) is 5.66. The van der Waals surface area contributed by atoms with Crippen molar-refractivity contribution in [3.05, 3.63) is 0 Å². The topological polar surface area (TPSA) is 69.1 Å². The Balaban J connectivity index is -0.000000124. The van der Waals surface area contributed by atoms with Crippen LogP contribution in [0.4, 0.5) is 0 Å². The molecule has 0 spiro atoms. The van der Waals surface area contributed by atoms with E-state index in [9.17, 15) is 0 Å². The maximum absolute atomic E-state index is 8.00. The summed E-state index contributed by atoms with van der Waals surface area (Å²) in [4.78, 5) is 8.00. The quantitative estimate of drug-likeness (QED) is 0.593. The molecule has 0 aromatic heterocycles. The van der Waals surface area contributed by atoms with Gasteiger partial charge in [0.25, 0.3) is 0 Å². The molecule has 4 N–H and O–H groups in total. The van der Waals surface area contributed by atoms with Crippen molar-refractivity contribution in [1.82, 2.24) is 0 Å². The van der Waals surface area contributed by atoms with Gasteiger partial charge < -0.3 is 16.3 Å². The molecular formula is C9H24N2OS. The van der Waals surface area contributed by atoms with Gasteiger partial charge in [-0.3, -0.25) is 0 Å². The Kier molecular flexibility index (Phi) is 32.6. The highest BCUT2D eigenvalue weighted by Crippen LogP contribution is 2.24. The van der Waals surface area contributed by atoms with Crippen molar-refractivity contribution < 1.29 is 4.79 Å². The molecular weight excluding hydrogens is 184 g/mol. The first kappa shape index (κ1) is 18.7. The molecule has 82 valence electrons. The molecule has 1 saturated heterocycles. The summed E-state index contributed by atoms with van der Waals surface area (Å²) in [6, 6.07) is 0. The Morgan fingerprint density at radius 3 is 1.85 bits per heavy atom. The highest BCUT2D eigenvalue weighted by atomic mass is 32.2. The molecule has 4 heteroatoms. The fourth-order valence-corrected chi connectivity index (χ4v) is 1.81. The third-order valence-electron chi connectivity index (χ3n) is 1.16. The maximum atomic E-state index is 8.00. The van der Waals surface area contributed by atoms with E-state index in [2.05, 4.69) is 30.2 Å². The van der Waals surface area contributed by atoms with Crippen molar-refractivity contribution in [1.29, 1.82) is 0 Å². The van der Waals surface area contributed by atoms with E-state index in [0.717, 1.165) is 5.25 Å². The molecule has 1 aliphatic heterocycles. The van der Waals surface area contributed by atoms with Crippen molar-refractivity contribution >= 4 is 18.6 Å². The van der Waals surface area contributed by atoms with Crippen LogP contribution >= 0.6 is 11.8 Å². The third-order valence-corrected chi connectivity index (χ3v) is 2.49. The maximum Gasteiger partial charge on any atom is 0.106 e. The minimum atomic E-state index is 0.250. The van der Waals surface area contributed by atoms with Crippen LogP contribution in [0.15, 0.2) is 0 Å². The minimum absolute atomic E-state index is 0.250. The van der Waals surface area contributed by atoms with E-state index >= 15 is 0 Å². The van der Waals surface area contributed by atoms with Gasteiger partial charge in [0.1, 0.15) is 6.79 Å². The lowest BCUT2D eigenvalue weighted by atomic mass is 10.3. The van der Waals surface area contributed by atoms with Gasteiger partial charge in [-0.25, -0.2) is 0 Å². The van der Waals surface area contributed by atoms with E-state index in [1.807, 2.05) is 20.6 Å². The second-order valence-corrected chi connectivity index (χ2v) is 3.61. The van der Waals surface area contributed by atoms with E-state index in [4.69, 9.17) is 4.79 Å². The van der Waals surface area contributed by atoms with Crippen molar-refractivity contribution in [2.75, 3.05) is 12.4 Å². The van der Waals surface area contributed by atoms with E-state index in [0.29, 0.717) is 0 Å². The van der Waals surface area contributed by atoms with Gasteiger partial charge in [-0.15, -0.1) is 0 Å². The molecule has 1 atom stereocenters. The van der Waals surface area contributed by atoms with Crippen LogP contribution in [0.25, 0.3) is 0 Å². The summed E-state index contributed by atoms with van der Waals surface area (Å²) in [6.45, 7) is 8.55. The molecule has 1 unspecified atom stereocenters. The number of hydrogen-bond acceptors (Lipinski definition) is 4. The number of hydrogen-bond donors (Lipinski definition) is 2. The zero-order valence-corrected chi connectivity index (χ0v) is 9.90. The average Bonchev–Trinajstić information content (AvgIpc) is 2.64. The number of thioether (sulfide) groups is 1. The molecule has 1 heterocycles. The molecule has 1 rings (SSSR count). The fraction of sp³-hybridized carbons (Fsp3) is 0.889. The molecule has 0 bridgehead atoms. The SMILES string of the molecule is C=O.CC.CC1CCCS1.NCN. The van der Waals surface area contributed by atoms with E-state index in [-0.39, 0.29) is 6.67 Å². The van der Waals surface area contributed by atoms with Gasteiger partial charge in [-0.2, -0.15) is 11.8 Å². The summed E-state index contributed by atoms with van der Waals surface area (Å²) in [7, 11) is 0. The van der Waals surface area contributed by atoms with Crippen LogP contribution in [0.2, 0.25) is 0 Å². The lowest BCUT2D eigenvalue weighted by Gasteiger charge is -1.91. The van der Waals surface area contributed by atoms with Gasteiger partial charge in [-0.05, 0) is 18.6 Å². The molecule has 13 heavy (non-hydrogen) atoms. The molecule has 0 saturated carbocycles. The zero-order chi connectivity index (χ0) is 11.1. The molecule has 0 aromatic rings. The van der Waals surface area contributed by atoms with Crippen molar-refractivity contribution in [3.8, 4) is 0 Å². The monoisotopic (exact) mass is 208 g/mol. The second kappa shape index (κ2) is 22.7. The number of carbonyl (C=O) groups excluding carboxylic acids is 1. The Hall–Kier alpha value is -0.0600. The van der Waals surface area contributed by atoms with Gasteiger partial charge >= 0.3 is 0 Å². The van der Waals surface area contributed by atoms with Gasteiger partial charge in [0, 0.05) is 11.9 Å². The summed E-state index contributed by atoms with van der Waals surface area (Å²) >= 11 is 2.10. The van der Waals surface area contributed by atoms with Crippen molar-refractivity contribution in [2.24, 2.45) is 11.5 Å². The standard InChI is InChI=1S/C5H10S.C2H6.CH6N2.CH2O/c1-5-3-2-4-6-5;1-2;2-1-3;1-2/h5H,2-4H2,1H3;1-2H3;1-3H2;1H2. The molecule has 1 aliphatic rings. The smallest absolute Gasteiger partial charge is 0.106 e. The van der Waals surface area contributed by atoms with Gasteiger partial charge in [0.05, 0.1) is 0 Å². The minimum Gasteiger partial charge on any atom is -0.319 e. The highest BCUT2D eigenvalue weighted by molar-refractivity contribution is 8.00. The zero-order valence-electron chi connectivity index (χ0n) is 9.08. The molecule has 0 radical (unpaired) electrons. The van der Waals surface area contributed by atoms with Crippen LogP contribution in [0.1, 0.15) is 33.6 Å². The normalized spacial score (nSPS) is 18.1. The van der Waals surface area contributed by atoms with Crippen LogP contribution in [0.3, 0.4) is 0 Å². The largest absolute Gasteiger partial charge is 0.319 e.